The standard InChI is InChI=1S/C12H18N2O2/c1-9(16-3)12(15)14-11-6-4-5-10(7-11)8-13-2/h4-7,9,13H,8H2,1-3H3,(H,14,15). The van der Waals surface area contributed by atoms with Crippen molar-refractivity contribution in [2.75, 3.05) is 19.5 Å². The van der Waals surface area contributed by atoms with Crippen molar-refractivity contribution in [1.29, 1.82) is 0 Å². The number of carbonyl (C=O) groups is 1. The van der Waals surface area contributed by atoms with Gasteiger partial charge in [-0.3, -0.25) is 4.79 Å². The number of methoxy groups -OCH3 is 1. The van der Waals surface area contributed by atoms with Gasteiger partial charge in [-0.05, 0) is 31.7 Å². The van der Waals surface area contributed by atoms with Gasteiger partial charge in [-0.15, -0.1) is 0 Å². The molecule has 0 saturated carbocycles. The van der Waals surface area contributed by atoms with E-state index in [-0.39, 0.29) is 5.91 Å². The molecule has 0 aliphatic heterocycles. The van der Waals surface area contributed by atoms with Crippen molar-refractivity contribution < 1.29 is 9.53 Å². The lowest BCUT2D eigenvalue weighted by molar-refractivity contribution is -0.124. The second-order valence-corrected chi connectivity index (χ2v) is 3.60. The van der Waals surface area contributed by atoms with Gasteiger partial charge in [0, 0.05) is 19.3 Å². The molecule has 0 aromatic heterocycles. The fraction of sp³-hybridized carbons (Fsp3) is 0.417. The molecule has 0 aliphatic carbocycles. The summed E-state index contributed by atoms with van der Waals surface area (Å²) in [6.07, 6.45) is -0.437. The van der Waals surface area contributed by atoms with Gasteiger partial charge in [0.2, 0.25) is 0 Å². The van der Waals surface area contributed by atoms with Crippen LogP contribution < -0.4 is 10.6 Å². The number of rotatable bonds is 5. The third-order valence-electron chi connectivity index (χ3n) is 2.30. The minimum atomic E-state index is -0.437. The number of amides is 1. The van der Waals surface area contributed by atoms with E-state index in [1.807, 2.05) is 31.3 Å². The van der Waals surface area contributed by atoms with Crippen LogP contribution in [0.15, 0.2) is 24.3 Å². The Morgan fingerprint density at radius 2 is 2.25 bits per heavy atom. The first-order valence-corrected chi connectivity index (χ1v) is 5.24. The average molecular weight is 222 g/mol. The molecule has 0 heterocycles. The Kier molecular flexibility index (Phi) is 4.95. The largest absolute Gasteiger partial charge is 0.372 e. The molecule has 4 heteroatoms. The van der Waals surface area contributed by atoms with Crippen molar-refractivity contribution in [2.45, 2.75) is 19.6 Å². The van der Waals surface area contributed by atoms with E-state index in [1.54, 1.807) is 6.92 Å². The van der Waals surface area contributed by atoms with Gasteiger partial charge in [0.15, 0.2) is 0 Å². The molecule has 16 heavy (non-hydrogen) atoms. The van der Waals surface area contributed by atoms with Crippen molar-refractivity contribution in [3.8, 4) is 0 Å². The van der Waals surface area contributed by atoms with Gasteiger partial charge < -0.3 is 15.4 Å². The summed E-state index contributed by atoms with van der Waals surface area (Å²) in [4.78, 5) is 11.6. The molecule has 0 aliphatic rings. The fourth-order valence-electron chi connectivity index (χ4n) is 1.31. The highest BCUT2D eigenvalue weighted by molar-refractivity contribution is 5.93. The molecule has 0 bridgehead atoms. The van der Waals surface area contributed by atoms with E-state index in [4.69, 9.17) is 4.74 Å². The molecular formula is C12H18N2O2. The number of nitrogens with one attached hydrogen (secondary N) is 2. The van der Waals surface area contributed by atoms with Crippen molar-refractivity contribution in [2.24, 2.45) is 0 Å². The van der Waals surface area contributed by atoms with E-state index < -0.39 is 6.10 Å². The number of hydrogen-bond donors (Lipinski definition) is 2. The lowest BCUT2D eigenvalue weighted by Crippen LogP contribution is -2.26. The van der Waals surface area contributed by atoms with Crippen LogP contribution >= 0.6 is 0 Å². The van der Waals surface area contributed by atoms with Gasteiger partial charge >= 0.3 is 0 Å². The Labute approximate surface area is 96.0 Å². The number of anilines is 1. The Balaban J connectivity index is 2.66. The van der Waals surface area contributed by atoms with Crippen molar-refractivity contribution in [1.82, 2.24) is 5.32 Å². The molecule has 4 nitrogen and oxygen atoms in total. The molecule has 1 aromatic carbocycles. The van der Waals surface area contributed by atoms with Gasteiger partial charge in [-0.25, -0.2) is 0 Å². The summed E-state index contributed by atoms with van der Waals surface area (Å²) < 4.78 is 4.94. The van der Waals surface area contributed by atoms with Crippen LogP contribution in [0.3, 0.4) is 0 Å². The van der Waals surface area contributed by atoms with Crippen LogP contribution in [0, 0.1) is 0 Å². The first-order chi connectivity index (χ1) is 7.67. The van der Waals surface area contributed by atoms with Crippen LogP contribution in [-0.4, -0.2) is 26.2 Å². The quantitative estimate of drug-likeness (QED) is 0.791. The van der Waals surface area contributed by atoms with Crippen molar-refractivity contribution in [3.05, 3.63) is 29.8 Å². The molecular weight excluding hydrogens is 204 g/mol. The van der Waals surface area contributed by atoms with Crippen LogP contribution in [-0.2, 0) is 16.1 Å². The molecule has 0 saturated heterocycles. The number of benzene rings is 1. The minimum Gasteiger partial charge on any atom is -0.372 e. The zero-order valence-electron chi connectivity index (χ0n) is 9.91. The van der Waals surface area contributed by atoms with Crippen LogP contribution in [0.1, 0.15) is 12.5 Å². The molecule has 0 fully saturated rings. The van der Waals surface area contributed by atoms with Gasteiger partial charge in [0.25, 0.3) is 5.91 Å². The molecule has 2 N–H and O–H groups in total. The van der Waals surface area contributed by atoms with E-state index in [0.717, 1.165) is 17.8 Å². The Morgan fingerprint density at radius 1 is 1.50 bits per heavy atom. The first-order valence-electron chi connectivity index (χ1n) is 5.24. The summed E-state index contributed by atoms with van der Waals surface area (Å²) in [5.41, 5.74) is 1.92. The van der Waals surface area contributed by atoms with E-state index in [9.17, 15) is 4.79 Å². The van der Waals surface area contributed by atoms with Crippen LogP contribution in [0.4, 0.5) is 5.69 Å². The van der Waals surface area contributed by atoms with Crippen molar-refractivity contribution >= 4 is 11.6 Å². The molecule has 88 valence electrons. The molecule has 1 atom stereocenters. The maximum atomic E-state index is 11.6. The van der Waals surface area contributed by atoms with Gasteiger partial charge in [0.05, 0.1) is 0 Å². The molecule has 0 spiro atoms. The zero-order chi connectivity index (χ0) is 12.0. The molecule has 1 unspecified atom stereocenters. The highest BCUT2D eigenvalue weighted by atomic mass is 16.5. The van der Waals surface area contributed by atoms with Crippen LogP contribution in [0.2, 0.25) is 0 Å². The molecule has 1 rings (SSSR count). The second kappa shape index (κ2) is 6.25. The highest BCUT2D eigenvalue weighted by Gasteiger charge is 2.11. The highest BCUT2D eigenvalue weighted by Crippen LogP contribution is 2.11. The average Bonchev–Trinajstić information content (AvgIpc) is 2.29. The summed E-state index contributed by atoms with van der Waals surface area (Å²) in [7, 11) is 3.40. The van der Waals surface area contributed by atoms with Gasteiger partial charge in [-0.1, -0.05) is 12.1 Å². The Hall–Kier alpha value is -1.39. The topological polar surface area (TPSA) is 50.4 Å². The van der Waals surface area contributed by atoms with Crippen LogP contribution in [0.25, 0.3) is 0 Å². The van der Waals surface area contributed by atoms with Gasteiger partial charge in [0.1, 0.15) is 6.10 Å². The summed E-state index contributed by atoms with van der Waals surface area (Å²) >= 11 is 0. The normalized spacial score (nSPS) is 12.2. The second-order valence-electron chi connectivity index (χ2n) is 3.60. The number of ether oxygens (including phenoxy) is 1. The summed E-state index contributed by atoms with van der Waals surface area (Å²) in [5.74, 6) is -0.135. The summed E-state index contributed by atoms with van der Waals surface area (Å²) in [5, 5.41) is 5.86. The molecule has 0 radical (unpaired) electrons. The van der Waals surface area contributed by atoms with E-state index >= 15 is 0 Å². The number of hydrogen-bond acceptors (Lipinski definition) is 3. The molecule has 1 aromatic rings. The smallest absolute Gasteiger partial charge is 0.253 e. The number of carbonyl (C=O) groups excluding carboxylic acids is 1. The summed E-state index contributed by atoms with van der Waals surface area (Å²) in [6.45, 7) is 2.50. The van der Waals surface area contributed by atoms with Crippen molar-refractivity contribution in [3.63, 3.8) is 0 Å². The third kappa shape index (κ3) is 3.64. The minimum absolute atomic E-state index is 0.135. The maximum Gasteiger partial charge on any atom is 0.253 e. The maximum absolute atomic E-state index is 11.6. The van der Waals surface area contributed by atoms with E-state index in [1.165, 1.54) is 7.11 Å². The van der Waals surface area contributed by atoms with Gasteiger partial charge in [-0.2, -0.15) is 0 Å². The van der Waals surface area contributed by atoms with E-state index in [2.05, 4.69) is 10.6 Å². The first kappa shape index (κ1) is 12.7. The predicted octanol–water partition coefficient (Wildman–Crippen LogP) is 1.38. The predicted molar refractivity (Wildman–Crippen MR) is 64.3 cm³/mol. The monoisotopic (exact) mass is 222 g/mol. The Morgan fingerprint density at radius 3 is 2.88 bits per heavy atom. The third-order valence-corrected chi connectivity index (χ3v) is 2.30. The zero-order valence-corrected chi connectivity index (χ0v) is 9.91. The molecule has 1 amide bonds. The summed E-state index contributed by atoms with van der Waals surface area (Å²) in [6, 6.07) is 7.72. The fourth-order valence-corrected chi connectivity index (χ4v) is 1.31. The van der Waals surface area contributed by atoms with E-state index in [0.29, 0.717) is 0 Å². The Bertz CT molecular complexity index is 353. The lowest BCUT2D eigenvalue weighted by atomic mass is 10.2. The van der Waals surface area contributed by atoms with Crippen LogP contribution in [0.5, 0.6) is 0 Å². The SMILES string of the molecule is CNCc1cccc(NC(=O)C(C)OC)c1. The lowest BCUT2D eigenvalue weighted by Gasteiger charge is -2.11.